The summed E-state index contributed by atoms with van der Waals surface area (Å²) in [5, 5.41) is 110. The number of amides is 13. The van der Waals surface area contributed by atoms with Crippen molar-refractivity contribution in [1.29, 1.82) is 10.8 Å². The van der Waals surface area contributed by atoms with Crippen molar-refractivity contribution in [2.75, 3.05) is 45.1 Å². The average Bonchev–Trinajstić information content (AvgIpc) is 0.828. The molecule has 0 aliphatic carbocycles. The summed E-state index contributed by atoms with van der Waals surface area (Å²) in [5.41, 5.74) is 40.6. The van der Waals surface area contributed by atoms with Crippen molar-refractivity contribution in [2.24, 2.45) is 40.1 Å². The highest BCUT2D eigenvalue weighted by Crippen LogP contribution is 2.20. The van der Waals surface area contributed by atoms with Gasteiger partial charge in [-0.2, -0.15) is 25.3 Å². The first-order valence-electron chi connectivity index (χ1n) is 35.6. The molecule has 0 bridgehead atoms. The normalized spacial score (nSPS) is 15.2. The third kappa shape index (κ3) is 35.7. The molecule has 36 N–H and O–H groups in total. The number of aliphatic carboxylic acids is 1. The molecule has 2 rings (SSSR count). The third-order valence-electron chi connectivity index (χ3n) is 16.8. The first kappa shape index (κ1) is 97.7. The number of hydrogen-bond donors (Lipinski definition) is 31. The fraction of sp³-hybridized carbons (Fsp3) is 0.582. The summed E-state index contributed by atoms with van der Waals surface area (Å²) < 4.78 is -1.51. The Balaban J connectivity index is 2.42. The summed E-state index contributed by atoms with van der Waals surface area (Å²) in [6.07, 6.45) is -5.44. The number of carbonyl (C=O) groups excluding carboxylic acids is 13. The van der Waals surface area contributed by atoms with Crippen LogP contribution in [-0.2, 0) is 80.0 Å². The lowest BCUT2D eigenvalue weighted by Gasteiger charge is -2.33. The summed E-state index contributed by atoms with van der Waals surface area (Å²) in [7, 11) is 0. The van der Waals surface area contributed by atoms with Gasteiger partial charge in [0.05, 0.1) is 25.2 Å². The first-order valence-corrected chi connectivity index (χ1v) is 36.7. The van der Waals surface area contributed by atoms with E-state index in [-0.39, 0.29) is 108 Å². The van der Waals surface area contributed by atoms with Crippen LogP contribution in [0.2, 0.25) is 0 Å². The summed E-state index contributed by atoms with van der Waals surface area (Å²) in [6.45, 7) is 3.46. The lowest BCUT2D eigenvalue weighted by atomic mass is 9.99. The molecule has 626 valence electrons. The Morgan fingerprint density at radius 3 is 1.17 bits per heavy atom. The number of phenolic OH excluding ortho intramolecular Hbond substituents is 2. The Hall–Kier alpha value is -10.4. The van der Waals surface area contributed by atoms with Crippen molar-refractivity contribution in [1.82, 2.24) is 74.4 Å². The van der Waals surface area contributed by atoms with Gasteiger partial charge in [-0.3, -0.25) is 73.1 Å². The second-order valence-corrected chi connectivity index (χ2v) is 28.2. The van der Waals surface area contributed by atoms with Crippen molar-refractivity contribution in [3.63, 3.8) is 0 Å². The highest BCUT2D eigenvalue weighted by Gasteiger charge is 2.41. The van der Waals surface area contributed by atoms with Crippen LogP contribution in [-0.4, -0.2) is 266 Å². The van der Waals surface area contributed by atoms with Gasteiger partial charge in [0.15, 0.2) is 11.9 Å². The minimum atomic E-state index is -1.94. The Labute approximate surface area is 656 Å². The van der Waals surface area contributed by atoms with Gasteiger partial charge in [0.1, 0.15) is 90.0 Å². The number of aromatic hydroxyl groups is 2. The van der Waals surface area contributed by atoms with Crippen LogP contribution in [0.4, 0.5) is 0 Å². The lowest BCUT2D eigenvalue weighted by molar-refractivity contribution is -0.142. The fourth-order valence-corrected chi connectivity index (χ4v) is 11.0. The number of hydrogen-bond acceptors (Lipinski definition) is 27. The Morgan fingerprint density at radius 1 is 0.438 bits per heavy atom. The average molecular weight is 1620 g/mol. The molecule has 0 radical (unpaired) electrons. The van der Waals surface area contributed by atoms with Gasteiger partial charge in [-0.05, 0) is 141 Å². The van der Waals surface area contributed by atoms with E-state index in [0.29, 0.717) is 17.5 Å². The molecule has 2 aromatic rings. The number of benzene rings is 2. The number of rotatable bonds is 52. The van der Waals surface area contributed by atoms with E-state index in [4.69, 9.17) is 51.0 Å². The molecule has 0 fully saturated rings. The minimum Gasteiger partial charge on any atom is -0.508 e. The van der Waals surface area contributed by atoms with Gasteiger partial charge in [-0.1, -0.05) is 24.3 Å². The number of thiol groups is 2. The number of carboxylic acid groups (broad SMARTS) is 1. The van der Waals surface area contributed by atoms with Gasteiger partial charge >= 0.3 is 5.97 Å². The number of guanidine groups is 2. The van der Waals surface area contributed by atoms with Crippen LogP contribution in [0.1, 0.15) is 103 Å². The maximum Gasteiger partial charge on any atom is 0.326 e. The van der Waals surface area contributed by atoms with Gasteiger partial charge in [-0.15, -0.1) is 0 Å². The number of unbranched alkanes of at least 4 members (excludes halogenated alkanes) is 1. The van der Waals surface area contributed by atoms with E-state index >= 15 is 0 Å². The SMILES string of the molecule is C[C@@H](O)[C@H](N)C(=O)N[C@@H](Cc1ccc(O)cc1)C(=O)N[C@H](C(=O)N[C@@H](CC(N)=O)C(=O)N[C@@H](CCCNC(=N)N)C(=O)N[C@@H](CCN)C(=O)N[C@H](C(=O)N[C@H](CCN)C(=O)N[C@@H](CCCCN)C(=O)N[C@@H](CS)C(=O)N[C@@H](CO)C(=O)N[C@@H](CCCNC(=N)N)C(=O)N[C@@H](Cc1ccc(O)cc1)C(=O)O)[C@@H](C)O)C(C)(C)S. The predicted molar refractivity (Wildman–Crippen MR) is 412 cm³/mol. The van der Waals surface area contributed by atoms with Crippen LogP contribution in [0.3, 0.4) is 0 Å². The molecule has 43 nitrogen and oxygen atoms in total. The number of carbonyl (C=O) groups is 14. The van der Waals surface area contributed by atoms with Crippen molar-refractivity contribution < 1.29 is 97.8 Å². The van der Waals surface area contributed by atoms with Crippen LogP contribution in [0, 0.1) is 10.8 Å². The maximum absolute atomic E-state index is 14.4. The molecule has 2 aromatic carbocycles. The number of aliphatic hydroxyl groups is 3. The minimum absolute atomic E-state index is 0.0225. The molecule has 0 spiro atoms. The molecule has 0 heterocycles. The smallest absolute Gasteiger partial charge is 0.326 e. The van der Waals surface area contributed by atoms with Gasteiger partial charge in [0, 0.05) is 36.4 Å². The van der Waals surface area contributed by atoms with Crippen molar-refractivity contribution in [2.45, 2.75) is 200 Å². The highest BCUT2D eigenvalue weighted by molar-refractivity contribution is 7.81. The molecule has 0 aromatic heterocycles. The highest BCUT2D eigenvalue weighted by atomic mass is 32.1. The topological polar surface area (TPSA) is 759 Å². The maximum atomic E-state index is 14.4. The number of primary amides is 1. The van der Waals surface area contributed by atoms with Gasteiger partial charge in [-0.25, -0.2) is 4.79 Å². The summed E-state index contributed by atoms with van der Waals surface area (Å²) in [6, 6.07) is -10.6. The van der Waals surface area contributed by atoms with Crippen LogP contribution in [0.15, 0.2) is 48.5 Å². The van der Waals surface area contributed by atoms with Crippen LogP contribution in [0.5, 0.6) is 11.5 Å². The monoisotopic (exact) mass is 1620 g/mol. The molecule has 0 aliphatic heterocycles. The lowest BCUT2D eigenvalue weighted by Crippen LogP contribution is -2.64. The number of aliphatic hydroxyl groups excluding tert-OH is 3. The van der Waals surface area contributed by atoms with E-state index in [0.717, 1.165) is 6.92 Å². The molecular weight excluding hydrogens is 1510 g/mol. The number of phenols is 2. The van der Waals surface area contributed by atoms with Crippen molar-refractivity contribution in [3.05, 3.63) is 59.7 Å². The van der Waals surface area contributed by atoms with E-state index in [9.17, 15) is 97.8 Å². The van der Waals surface area contributed by atoms with Crippen LogP contribution < -0.4 is 115 Å². The zero-order valence-electron chi connectivity index (χ0n) is 62.5. The standard InChI is InChI=1S/C67H111N23O20S2/c1-32(92)49(72)61(106)84-43(27-34-12-16-36(94)17-13-34)58(103)90-51(67(3,4)112)63(108)85-44(29-48(71)96)57(102)80-39(10-7-25-77-65(73)74)52(97)82-42(21-24-70)56(101)89-50(33(2)93)62(107)83-41(20-23-69)55(100)79-38(9-5-6-22-68)54(99)88-47(31-111)60(105)87-46(30-91)59(104)81-40(11-8-26-78-66(75)76)53(98)86-45(64(109)110)28-35-14-18-37(95)19-15-35/h12-19,32-33,38-47,49-51,91-95,111-112H,5-11,20-31,68-70,72H2,1-4H3,(H2,71,96)(H,79,100)(H,80,102)(H,81,104)(H,82,97)(H,83,107)(H,84,106)(H,85,108)(H,86,98)(H,87,105)(H,88,99)(H,89,101)(H,90,103)(H,109,110)(H4,73,74,77)(H4,75,76,78)/t32-,33-,38+,39+,40+,41-,42+,43+,44+,45+,46+,47+,49+,50+,51-/m1/s1. The summed E-state index contributed by atoms with van der Waals surface area (Å²) in [4.78, 5) is 193. The zero-order valence-corrected chi connectivity index (χ0v) is 64.3. The first-order chi connectivity index (χ1) is 52.6. The van der Waals surface area contributed by atoms with Gasteiger partial charge in [0.25, 0.3) is 0 Å². The number of nitrogens with two attached hydrogens (primary N) is 7. The van der Waals surface area contributed by atoms with Gasteiger partial charge < -0.3 is 145 Å². The Kier molecular flexibility index (Phi) is 43.4. The second kappa shape index (κ2) is 49.8. The Bertz CT molecular complexity index is 3510. The van der Waals surface area contributed by atoms with E-state index in [2.05, 4.69) is 99.7 Å². The van der Waals surface area contributed by atoms with E-state index < -0.39 is 209 Å². The van der Waals surface area contributed by atoms with Crippen LogP contribution >= 0.6 is 25.3 Å². The van der Waals surface area contributed by atoms with Crippen molar-refractivity contribution in [3.8, 4) is 11.5 Å². The van der Waals surface area contributed by atoms with E-state index in [1.807, 2.05) is 0 Å². The van der Waals surface area contributed by atoms with E-state index in [1.54, 1.807) is 0 Å². The molecule has 15 atom stereocenters. The molecule has 112 heavy (non-hydrogen) atoms. The van der Waals surface area contributed by atoms with Crippen LogP contribution in [0.25, 0.3) is 0 Å². The summed E-state index contributed by atoms with van der Waals surface area (Å²) >= 11 is 8.71. The van der Waals surface area contributed by atoms with Gasteiger partial charge in [0.2, 0.25) is 76.8 Å². The molecule has 0 saturated carbocycles. The third-order valence-corrected chi connectivity index (χ3v) is 17.4. The summed E-state index contributed by atoms with van der Waals surface area (Å²) in [5.74, 6) is -17.3. The predicted octanol–water partition coefficient (Wildman–Crippen LogP) is -10.3. The molecule has 0 unspecified atom stereocenters. The quantitative estimate of drug-likeness (QED) is 0.0127. The molecule has 45 heteroatoms. The second-order valence-electron chi connectivity index (χ2n) is 26.7. The molecule has 0 saturated heterocycles. The van der Waals surface area contributed by atoms with E-state index in [1.165, 1.54) is 69.3 Å². The Morgan fingerprint density at radius 2 is 0.786 bits per heavy atom. The number of carboxylic acids is 1. The zero-order chi connectivity index (χ0) is 84.7. The molecular formula is C67H111N23O20S2. The number of nitrogens with one attached hydrogen (secondary N) is 16. The van der Waals surface area contributed by atoms with Crippen molar-refractivity contribution >= 4 is 120 Å². The molecule has 0 aliphatic rings. The fourth-order valence-electron chi connectivity index (χ4n) is 10.5. The largest absolute Gasteiger partial charge is 0.508 e. The molecule has 13 amide bonds.